The molecule has 7 rings (SSSR count). The number of esters is 1. The number of carbonyl (C=O) groups is 4. The second-order valence-corrected chi connectivity index (χ2v) is 18.0. The lowest BCUT2D eigenvalue weighted by Crippen LogP contribution is -2.64. The first-order valence-corrected chi connectivity index (χ1v) is 21.6. The van der Waals surface area contributed by atoms with Crippen LogP contribution in [0.15, 0.2) is 54.9 Å². The van der Waals surface area contributed by atoms with Crippen LogP contribution in [-0.2, 0) is 54.6 Å². The highest BCUT2D eigenvalue weighted by atomic mass is 16.5. The number of urea groups is 1. The zero-order valence-corrected chi connectivity index (χ0v) is 37.2. The molecular formula is C47H61N7O8. The summed E-state index contributed by atoms with van der Waals surface area (Å²) in [4.78, 5) is 63.9. The van der Waals surface area contributed by atoms with Gasteiger partial charge in [-0.2, -0.15) is 0 Å². The number of likely N-dealkylation sites (N-methyl/N-ethyl adjacent to an activating group) is 1. The number of phenols is 1. The Hall–Kier alpha value is -5.51. The number of hydrogen-bond donors (Lipinski definition) is 3. The maximum atomic E-state index is 14.6. The number of hydrazine groups is 1. The molecule has 0 radical (unpaired) electrons. The van der Waals surface area contributed by atoms with Crippen LogP contribution in [0.1, 0.15) is 64.2 Å². The van der Waals surface area contributed by atoms with Gasteiger partial charge < -0.3 is 39.0 Å². The maximum Gasteiger partial charge on any atom is 0.324 e. The molecule has 0 spiro atoms. The van der Waals surface area contributed by atoms with E-state index in [9.17, 15) is 24.3 Å². The fourth-order valence-corrected chi connectivity index (χ4v) is 9.20. The molecule has 0 saturated carbocycles. The molecule has 1 unspecified atom stereocenters. The summed E-state index contributed by atoms with van der Waals surface area (Å²) in [7, 11) is 4.87. The van der Waals surface area contributed by atoms with Gasteiger partial charge in [-0.1, -0.05) is 39.8 Å². The van der Waals surface area contributed by atoms with Crippen molar-refractivity contribution in [3.05, 3.63) is 71.5 Å². The Morgan fingerprint density at radius 2 is 1.87 bits per heavy atom. The molecule has 5 heterocycles. The molecule has 2 aromatic heterocycles. The van der Waals surface area contributed by atoms with Gasteiger partial charge in [-0.25, -0.2) is 10.2 Å². The molecule has 2 aromatic carbocycles. The number of ether oxygens (including phenoxy) is 3. The molecule has 3 atom stereocenters. The number of likely N-dealkylation sites (tertiary alicyclic amines) is 1. The Morgan fingerprint density at radius 3 is 2.58 bits per heavy atom. The Balaban J connectivity index is 1.32. The molecule has 6 bridgehead atoms. The van der Waals surface area contributed by atoms with Crippen LogP contribution >= 0.6 is 0 Å². The van der Waals surface area contributed by atoms with Crippen molar-refractivity contribution < 1.29 is 38.5 Å². The highest BCUT2D eigenvalue weighted by Gasteiger charge is 2.40. The van der Waals surface area contributed by atoms with E-state index in [0.717, 1.165) is 44.4 Å². The molecule has 3 aliphatic heterocycles. The summed E-state index contributed by atoms with van der Waals surface area (Å²) in [5.74, 6) is -1.70. The van der Waals surface area contributed by atoms with Gasteiger partial charge in [-0.05, 0) is 90.3 Å². The van der Waals surface area contributed by atoms with Crippen molar-refractivity contribution in [3.63, 3.8) is 0 Å². The first-order chi connectivity index (χ1) is 29.6. The molecule has 15 heteroatoms. The average molecular weight is 852 g/mol. The first kappa shape index (κ1) is 44.5. The minimum absolute atomic E-state index is 0.00507. The van der Waals surface area contributed by atoms with Gasteiger partial charge >= 0.3 is 12.0 Å². The van der Waals surface area contributed by atoms with E-state index in [1.54, 1.807) is 44.5 Å². The number of phenolic OH excluding ortho intramolecular Hbond substituents is 1. The highest BCUT2D eigenvalue weighted by molar-refractivity contribution is 5.96. The van der Waals surface area contributed by atoms with E-state index in [2.05, 4.69) is 53.2 Å². The topological polar surface area (TPSA) is 168 Å². The molecule has 2 fully saturated rings. The van der Waals surface area contributed by atoms with Gasteiger partial charge in [-0.3, -0.25) is 24.4 Å². The number of aromatic hydroxyl groups is 1. The molecule has 4 aromatic rings. The Morgan fingerprint density at radius 1 is 1.10 bits per heavy atom. The summed E-state index contributed by atoms with van der Waals surface area (Å²) in [6.45, 7) is 12.3. The van der Waals surface area contributed by atoms with E-state index < -0.39 is 41.3 Å². The van der Waals surface area contributed by atoms with Gasteiger partial charge in [0.25, 0.3) is 5.91 Å². The summed E-state index contributed by atoms with van der Waals surface area (Å²) in [6, 6.07) is 10.3. The molecule has 3 aliphatic rings. The zero-order valence-electron chi connectivity index (χ0n) is 37.2. The van der Waals surface area contributed by atoms with Crippen LogP contribution < -0.4 is 10.7 Å². The average Bonchev–Trinajstić information content (AvgIpc) is 3.52. The fourth-order valence-electron chi connectivity index (χ4n) is 9.20. The molecule has 332 valence electrons. The van der Waals surface area contributed by atoms with Crippen molar-refractivity contribution in [2.24, 2.45) is 11.3 Å². The van der Waals surface area contributed by atoms with Crippen LogP contribution in [-0.4, -0.2) is 125 Å². The number of methoxy groups -OCH3 is 2. The number of aromatic nitrogens is 2. The van der Waals surface area contributed by atoms with Crippen LogP contribution in [0.5, 0.6) is 5.75 Å². The largest absolute Gasteiger partial charge is 0.508 e. The predicted molar refractivity (Wildman–Crippen MR) is 235 cm³/mol. The van der Waals surface area contributed by atoms with Crippen LogP contribution in [0.4, 0.5) is 4.79 Å². The number of rotatable bonds is 9. The van der Waals surface area contributed by atoms with E-state index in [4.69, 9.17) is 14.2 Å². The standard InChI is InChI=1S/C47H61N7O8/c1-9-53-40-13-12-30-21-35(40)36(42(53)37-23-48-15-14-31(37)26-60-7)22-47(4,5)27-62-45(58)38-11-10-16-54(50-38)44(57)39(19-29-17-32(30)20-33(55)18-29)49-43(56)41(28(2)3)51(6)46(59)52-24-34(25-52)61-8/h12-15,17-18,20-21,23,28,34,38-39,41,50,55H,9-11,16,19,22,24-27H2,1-8H3,(H,49,56)/t38-,39-,41?/m0/s1. The lowest BCUT2D eigenvalue weighted by molar-refractivity contribution is -0.155. The van der Waals surface area contributed by atoms with Crippen molar-refractivity contribution in [2.45, 2.75) is 97.7 Å². The molecule has 2 saturated heterocycles. The minimum atomic E-state index is -1.13. The molecular weight excluding hydrogens is 791 g/mol. The number of cyclic esters (lactones) is 1. The lowest BCUT2D eigenvalue weighted by atomic mass is 9.84. The van der Waals surface area contributed by atoms with Crippen molar-refractivity contribution in [1.82, 2.24) is 35.1 Å². The molecule has 4 amide bonds. The van der Waals surface area contributed by atoms with Crippen LogP contribution in [0.25, 0.3) is 33.3 Å². The monoisotopic (exact) mass is 851 g/mol. The van der Waals surface area contributed by atoms with Gasteiger partial charge in [-0.15, -0.1) is 0 Å². The van der Waals surface area contributed by atoms with Gasteiger partial charge in [0.15, 0.2) is 0 Å². The Kier molecular flexibility index (Phi) is 13.3. The Bertz CT molecular complexity index is 2320. The summed E-state index contributed by atoms with van der Waals surface area (Å²) in [5, 5.41) is 16.7. The van der Waals surface area contributed by atoms with E-state index in [1.165, 1.54) is 9.91 Å². The molecule has 15 nitrogen and oxygen atoms in total. The number of nitrogens with one attached hydrogen (secondary N) is 2. The summed E-state index contributed by atoms with van der Waals surface area (Å²) >= 11 is 0. The van der Waals surface area contributed by atoms with E-state index >= 15 is 0 Å². The normalized spacial score (nSPS) is 20.1. The van der Waals surface area contributed by atoms with E-state index in [-0.39, 0.29) is 36.8 Å². The minimum Gasteiger partial charge on any atom is -0.508 e. The third kappa shape index (κ3) is 9.16. The van der Waals surface area contributed by atoms with Gasteiger partial charge in [0.2, 0.25) is 5.91 Å². The maximum absolute atomic E-state index is 14.6. The predicted octanol–water partition coefficient (Wildman–Crippen LogP) is 5.30. The molecule has 62 heavy (non-hydrogen) atoms. The van der Waals surface area contributed by atoms with Crippen LogP contribution in [0.3, 0.4) is 0 Å². The first-order valence-electron chi connectivity index (χ1n) is 21.6. The smallest absolute Gasteiger partial charge is 0.324 e. The summed E-state index contributed by atoms with van der Waals surface area (Å²) < 4.78 is 19.4. The number of nitrogens with zero attached hydrogens (tertiary/aromatic N) is 5. The second-order valence-electron chi connectivity index (χ2n) is 18.0. The number of hydrogen-bond acceptors (Lipinski definition) is 10. The lowest BCUT2D eigenvalue weighted by Gasteiger charge is -2.42. The van der Waals surface area contributed by atoms with Crippen molar-refractivity contribution in [2.75, 3.05) is 47.5 Å². The van der Waals surface area contributed by atoms with Crippen molar-refractivity contribution in [3.8, 4) is 28.1 Å². The zero-order chi connectivity index (χ0) is 44.5. The van der Waals surface area contributed by atoms with Crippen molar-refractivity contribution in [1.29, 1.82) is 0 Å². The Labute approximate surface area is 363 Å². The SMILES string of the molecule is CCn1c(-c2cnccc2COC)c2c3cc(ccc31)-c1cc(O)cc(c1)C[C@H](NC(=O)C(C(C)C)N(C)C(=O)N1CC(OC)C1)C(=O)N1CCC[C@H](N1)C(=O)OCC(C)(C)C2. The van der Waals surface area contributed by atoms with Gasteiger partial charge in [0.05, 0.1) is 38.1 Å². The van der Waals surface area contributed by atoms with Crippen LogP contribution in [0, 0.1) is 11.3 Å². The number of carbonyl (C=O) groups excluding carboxylic acids is 4. The van der Waals surface area contributed by atoms with Gasteiger partial charge in [0.1, 0.15) is 23.9 Å². The number of benzene rings is 2. The number of pyridine rings is 1. The third-order valence-electron chi connectivity index (χ3n) is 12.4. The second kappa shape index (κ2) is 18.5. The summed E-state index contributed by atoms with van der Waals surface area (Å²) in [6.07, 6.45) is 5.15. The number of amides is 4. The highest BCUT2D eigenvalue weighted by Crippen LogP contribution is 2.41. The van der Waals surface area contributed by atoms with Gasteiger partial charge in [0, 0.05) is 75.1 Å². The molecule has 0 aliphatic carbocycles. The fraction of sp³-hybridized carbons (Fsp3) is 0.511. The third-order valence-corrected chi connectivity index (χ3v) is 12.4. The van der Waals surface area contributed by atoms with Crippen LogP contribution in [0.2, 0.25) is 0 Å². The number of fused-ring (bicyclic) bond motifs is 6. The van der Waals surface area contributed by atoms with Crippen molar-refractivity contribution >= 4 is 34.7 Å². The number of aryl methyl sites for hydroxylation is 1. The molecule has 3 N–H and O–H groups in total. The quantitative estimate of drug-likeness (QED) is 0.188. The van der Waals surface area contributed by atoms with E-state index in [0.29, 0.717) is 57.6 Å². The summed E-state index contributed by atoms with van der Waals surface area (Å²) in [5.41, 5.74) is 9.85. The van der Waals surface area contributed by atoms with E-state index in [1.807, 2.05) is 38.2 Å².